The highest BCUT2D eigenvalue weighted by molar-refractivity contribution is 4.70. The Morgan fingerprint density at radius 1 is 1.31 bits per heavy atom. The topological polar surface area (TPSA) is 19.7 Å². The van der Waals surface area contributed by atoms with E-state index in [0.29, 0.717) is 0 Å². The molecular weight excluding hydrogens is 275 g/mol. The van der Waals surface area contributed by atoms with Crippen molar-refractivity contribution in [2.24, 2.45) is 0 Å². The summed E-state index contributed by atoms with van der Waals surface area (Å²) >= 11 is 0. The van der Waals surface area contributed by atoms with Crippen molar-refractivity contribution >= 4 is 0 Å². The predicted molar refractivity (Wildman–Crippen MR) is 49.9 cm³/mol. The van der Waals surface area contributed by atoms with Crippen LogP contribution in [0.15, 0.2) is 12.4 Å². The highest BCUT2D eigenvalue weighted by atomic mass is 127. The summed E-state index contributed by atoms with van der Waals surface area (Å²) in [5, 5.41) is 0. The molecule has 0 radical (unpaired) electrons. The molecular formula is C10H19IN2. The number of aromatic nitrogens is 2. The van der Waals surface area contributed by atoms with Crippen LogP contribution in [0, 0.1) is 6.92 Å². The summed E-state index contributed by atoms with van der Waals surface area (Å²) in [6.45, 7) is 5.52. The SMILES string of the molecule is CCCCCC[n+]1cc[nH]c1C.[I-]. The molecule has 0 saturated carbocycles. The lowest BCUT2D eigenvalue weighted by molar-refractivity contribution is -0.702. The van der Waals surface area contributed by atoms with Crippen LogP contribution >= 0.6 is 0 Å². The van der Waals surface area contributed by atoms with Gasteiger partial charge in [-0.2, -0.15) is 0 Å². The van der Waals surface area contributed by atoms with Crippen LogP contribution in [-0.2, 0) is 6.54 Å². The van der Waals surface area contributed by atoms with Crippen LogP contribution in [0.25, 0.3) is 0 Å². The van der Waals surface area contributed by atoms with Crippen molar-refractivity contribution in [2.75, 3.05) is 0 Å². The second-order valence-corrected chi connectivity index (χ2v) is 3.30. The van der Waals surface area contributed by atoms with E-state index >= 15 is 0 Å². The molecule has 76 valence electrons. The second kappa shape index (κ2) is 7.35. The fraction of sp³-hybridized carbons (Fsp3) is 0.700. The maximum atomic E-state index is 3.17. The molecule has 2 nitrogen and oxygen atoms in total. The van der Waals surface area contributed by atoms with Gasteiger partial charge in [-0.15, -0.1) is 0 Å². The summed E-state index contributed by atoms with van der Waals surface area (Å²) in [4.78, 5) is 3.17. The molecule has 1 heterocycles. The molecule has 0 fully saturated rings. The van der Waals surface area contributed by atoms with E-state index in [2.05, 4.69) is 29.6 Å². The zero-order valence-electron chi connectivity index (χ0n) is 8.52. The van der Waals surface area contributed by atoms with E-state index < -0.39 is 0 Å². The number of nitrogens with zero attached hydrogens (tertiary/aromatic N) is 1. The third-order valence-electron chi connectivity index (χ3n) is 2.23. The molecule has 1 rings (SSSR count). The van der Waals surface area contributed by atoms with Crippen molar-refractivity contribution in [1.82, 2.24) is 4.98 Å². The first-order valence-corrected chi connectivity index (χ1v) is 4.88. The van der Waals surface area contributed by atoms with Gasteiger partial charge in [0.1, 0.15) is 12.4 Å². The lowest BCUT2D eigenvalue weighted by atomic mass is 10.2. The van der Waals surface area contributed by atoms with Crippen molar-refractivity contribution in [3.8, 4) is 0 Å². The Kier molecular flexibility index (Phi) is 7.32. The fourth-order valence-corrected chi connectivity index (χ4v) is 1.39. The van der Waals surface area contributed by atoms with Crippen molar-refractivity contribution in [3.63, 3.8) is 0 Å². The third-order valence-corrected chi connectivity index (χ3v) is 2.23. The average Bonchev–Trinajstić information content (AvgIpc) is 2.46. The largest absolute Gasteiger partial charge is 1.00 e. The monoisotopic (exact) mass is 294 g/mol. The average molecular weight is 294 g/mol. The highest BCUT2D eigenvalue weighted by Gasteiger charge is 2.02. The number of rotatable bonds is 5. The van der Waals surface area contributed by atoms with Gasteiger partial charge in [0.25, 0.3) is 5.82 Å². The van der Waals surface area contributed by atoms with E-state index in [1.807, 2.05) is 6.20 Å². The van der Waals surface area contributed by atoms with Gasteiger partial charge in [0.05, 0.1) is 6.54 Å². The molecule has 0 amide bonds. The van der Waals surface area contributed by atoms with E-state index in [1.165, 1.54) is 31.5 Å². The van der Waals surface area contributed by atoms with Gasteiger partial charge in [0.2, 0.25) is 0 Å². The Balaban J connectivity index is 0.00000144. The molecule has 0 unspecified atom stereocenters. The van der Waals surface area contributed by atoms with Gasteiger partial charge in [-0.3, -0.25) is 0 Å². The number of imidazole rings is 1. The summed E-state index contributed by atoms with van der Waals surface area (Å²) in [6.07, 6.45) is 9.45. The Morgan fingerprint density at radius 3 is 2.62 bits per heavy atom. The van der Waals surface area contributed by atoms with Crippen LogP contribution in [-0.4, -0.2) is 4.98 Å². The molecule has 1 aromatic rings. The minimum atomic E-state index is 0. The number of hydrogen-bond acceptors (Lipinski definition) is 0. The summed E-state index contributed by atoms with van der Waals surface area (Å²) in [6, 6.07) is 0. The number of nitrogens with one attached hydrogen (secondary N) is 1. The first-order valence-electron chi connectivity index (χ1n) is 4.88. The number of halogens is 1. The Hall–Kier alpha value is -0.0600. The van der Waals surface area contributed by atoms with Gasteiger partial charge in [-0.05, 0) is 12.8 Å². The zero-order valence-corrected chi connectivity index (χ0v) is 10.7. The van der Waals surface area contributed by atoms with Crippen LogP contribution in [0.2, 0.25) is 0 Å². The van der Waals surface area contributed by atoms with Crippen LogP contribution < -0.4 is 28.5 Å². The number of H-pyrrole nitrogens is 1. The molecule has 1 N–H and O–H groups in total. The molecule has 0 spiro atoms. The van der Waals surface area contributed by atoms with Crippen LogP contribution in [0.5, 0.6) is 0 Å². The quantitative estimate of drug-likeness (QED) is 0.417. The molecule has 0 aromatic carbocycles. The minimum Gasteiger partial charge on any atom is -1.00 e. The number of aryl methyl sites for hydroxylation is 2. The maximum Gasteiger partial charge on any atom is 0.251 e. The van der Waals surface area contributed by atoms with Gasteiger partial charge in [0.15, 0.2) is 0 Å². The van der Waals surface area contributed by atoms with Crippen molar-refractivity contribution < 1.29 is 28.5 Å². The summed E-state index contributed by atoms with van der Waals surface area (Å²) in [7, 11) is 0. The van der Waals surface area contributed by atoms with Crippen LogP contribution in [0.4, 0.5) is 0 Å². The van der Waals surface area contributed by atoms with Gasteiger partial charge in [-0.25, -0.2) is 9.55 Å². The smallest absolute Gasteiger partial charge is 0.251 e. The Morgan fingerprint density at radius 2 is 2.08 bits per heavy atom. The molecule has 0 aliphatic rings. The van der Waals surface area contributed by atoms with Crippen LogP contribution in [0.1, 0.15) is 38.4 Å². The molecule has 0 atom stereocenters. The molecule has 3 heteroatoms. The zero-order chi connectivity index (χ0) is 8.81. The third kappa shape index (κ3) is 4.64. The Labute approximate surface area is 97.8 Å². The van der Waals surface area contributed by atoms with E-state index in [0.717, 1.165) is 6.54 Å². The first kappa shape index (κ1) is 12.9. The summed E-state index contributed by atoms with van der Waals surface area (Å²) in [5.74, 6) is 1.26. The fourth-order valence-electron chi connectivity index (χ4n) is 1.39. The van der Waals surface area contributed by atoms with Crippen LogP contribution in [0.3, 0.4) is 0 Å². The van der Waals surface area contributed by atoms with Gasteiger partial charge >= 0.3 is 0 Å². The van der Waals surface area contributed by atoms with Gasteiger partial charge < -0.3 is 24.0 Å². The number of hydrogen-bond donors (Lipinski definition) is 1. The lowest BCUT2D eigenvalue weighted by Crippen LogP contribution is -3.00. The minimum absolute atomic E-state index is 0. The normalized spacial score (nSPS) is 9.69. The standard InChI is InChI=1S/C10H18N2.HI/c1-3-4-5-6-8-12-9-7-11-10(12)2;/h7,9H,3-6,8H2,1-2H3;1H. The molecule has 0 aliphatic carbocycles. The molecule has 13 heavy (non-hydrogen) atoms. The number of aromatic amines is 1. The van der Waals surface area contributed by atoms with E-state index in [9.17, 15) is 0 Å². The number of unbranched alkanes of at least 4 members (excludes halogenated alkanes) is 3. The van der Waals surface area contributed by atoms with Crippen molar-refractivity contribution in [1.29, 1.82) is 0 Å². The lowest BCUT2D eigenvalue weighted by Gasteiger charge is -1.97. The van der Waals surface area contributed by atoms with E-state index in [-0.39, 0.29) is 24.0 Å². The van der Waals surface area contributed by atoms with Crippen molar-refractivity contribution in [2.45, 2.75) is 46.1 Å². The van der Waals surface area contributed by atoms with Crippen molar-refractivity contribution in [3.05, 3.63) is 18.2 Å². The first-order chi connectivity index (χ1) is 5.84. The molecule has 0 aliphatic heterocycles. The maximum absolute atomic E-state index is 3.17. The molecule has 0 saturated heterocycles. The summed E-state index contributed by atoms with van der Waals surface area (Å²) < 4.78 is 2.27. The molecule has 0 bridgehead atoms. The predicted octanol–water partition coefficient (Wildman–Crippen LogP) is -0.805. The Bertz CT molecular complexity index is 220. The molecule has 1 aromatic heterocycles. The van der Waals surface area contributed by atoms with E-state index in [1.54, 1.807) is 0 Å². The van der Waals surface area contributed by atoms with Gasteiger partial charge in [-0.1, -0.05) is 19.8 Å². The van der Waals surface area contributed by atoms with Gasteiger partial charge in [0, 0.05) is 6.92 Å². The second-order valence-electron chi connectivity index (χ2n) is 3.30. The summed E-state index contributed by atoms with van der Waals surface area (Å²) in [5.41, 5.74) is 0. The van der Waals surface area contributed by atoms with E-state index in [4.69, 9.17) is 0 Å². The highest BCUT2D eigenvalue weighted by Crippen LogP contribution is 1.98.